The summed E-state index contributed by atoms with van der Waals surface area (Å²) in [5, 5.41) is 6.78. The highest BCUT2D eigenvalue weighted by Gasteiger charge is 2.12. The van der Waals surface area contributed by atoms with Gasteiger partial charge in [0.1, 0.15) is 13.1 Å². The van der Waals surface area contributed by atoms with Crippen molar-refractivity contribution >= 4 is 34.8 Å². The van der Waals surface area contributed by atoms with E-state index in [0.717, 1.165) is 51.5 Å². The molecule has 0 bridgehead atoms. The van der Waals surface area contributed by atoms with Crippen molar-refractivity contribution < 1.29 is 18.4 Å². The highest BCUT2D eigenvalue weighted by atomic mass is 32.2. The van der Waals surface area contributed by atoms with Gasteiger partial charge in [-0.05, 0) is 36.5 Å². The minimum atomic E-state index is -2.40. The number of thioether (sulfide) groups is 1. The Morgan fingerprint density at radius 2 is 1.96 bits per heavy atom. The van der Waals surface area contributed by atoms with Gasteiger partial charge in [-0.25, -0.2) is 0 Å². The van der Waals surface area contributed by atoms with Crippen LogP contribution in [-0.2, 0) is 4.74 Å². The van der Waals surface area contributed by atoms with Gasteiger partial charge in [-0.1, -0.05) is 11.8 Å². The molecular formula is C15H22F2N3OS2+. The molecule has 0 spiro atoms. The predicted octanol–water partition coefficient (Wildman–Crippen LogP) is 1.59. The van der Waals surface area contributed by atoms with Crippen molar-refractivity contribution in [2.45, 2.75) is 17.1 Å². The summed E-state index contributed by atoms with van der Waals surface area (Å²) in [6.07, 6.45) is 1.04. The lowest BCUT2D eigenvalue weighted by Crippen LogP contribution is -3.14. The molecule has 4 nitrogen and oxygen atoms in total. The van der Waals surface area contributed by atoms with Crippen LogP contribution < -0.4 is 15.5 Å². The molecule has 1 heterocycles. The molecule has 1 saturated heterocycles. The maximum Gasteiger partial charge on any atom is 0.288 e. The molecule has 128 valence electrons. The van der Waals surface area contributed by atoms with Gasteiger partial charge in [0.2, 0.25) is 0 Å². The number of nitrogens with one attached hydrogen (secondary N) is 3. The minimum Gasteiger partial charge on any atom is -0.370 e. The number of alkyl halides is 2. The second-order valence-corrected chi connectivity index (χ2v) is 6.72. The first-order valence-electron chi connectivity index (χ1n) is 7.64. The Kier molecular flexibility index (Phi) is 8.01. The molecule has 3 N–H and O–H groups in total. The molecule has 1 aromatic carbocycles. The Labute approximate surface area is 144 Å². The van der Waals surface area contributed by atoms with Crippen LogP contribution in [-0.4, -0.2) is 50.3 Å². The van der Waals surface area contributed by atoms with Gasteiger partial charge in [0, 0.05) is 23.5 Å². The van der Waals surface area contributed by atoms with E-state index in [9.17, 15) is 8.78 Å². The van der Waals surface area contributed by atoms with Crippen molar-refractivity contribution in [3.63, 3.8) is 0 Å². The first-order valence-corrected chi connectivity index (χ1v) is 8.93. The molecule has 8 heteroatoms. The van der Waals surface area contributed by atoms with Crippen LogP contribution in [0.15, 0.2) is 29.2 Å². The summed E-state index contributed by atoms with van der Waals surface area (Å²) >= 11 is 5.77. The molecule has 0 atom stereocenters. The van der Waals surface area contributed by atoms with Crippen molar-refractivity contribution in [1.82, 2.24) is 5.32 Å². The molecule has 1 fully saturated rings. The smallest absolute Gasteiger partial charge is 0.288 e. The minimum absolute atomic E-state index is 0.536. The van der Waals surface area contributed by atoms with Crippen LogP contribution in [0, 0.1) is 0 Å². The number of hydrogen-bond acceptors (Lipinski definition) is 3. The molecule has 0 unspecified atom stereocenters. The fraction of sp³-hybridized carbons (Fsp3) is 0.533. The van der Waals surface area contributed by atoms with E-state index < -0.39 is 5.76 Å². The summed E-state index contributed by atoms with van der Waals surface area (Å²) in [4.78, 5) is 2.11. The van der Waals surface area contributed by atoms with Crippen molar-refractivity contribution in [3.05, 3.63) is 24.3 Å². The number of thiocarbonyl (C=S) groups is 1. The molecule has 0 saturated carbocycles. The van der Waals surface area contributed by atoms with Gasteiger partial charge < -0.3 is 20.3 Å². The normalized spacial score (nSPS) is 15.6. The van der Waals surface area contributed by atoms with Crippen molar-refractivity contribution in [2.75, 3.05) is 44.7 Å². The fourth-order valence-electron chi connectivity index (χ4n) is 2.35. The topological polar surface area (TPSA) is 37.7 Å². The van der Waals surface area contributed by atoms with E-state index >= 15 is 0 Å². The lowest BCUT2D eigenvalue weighted by molar-refractivity contribution is -0.908. The van der Waals surface area contributed by atoms with Crippen LogP contribution in [0.5, 0.6) is 0 Å². The van der Waals surface area contributed by atoms with Crippen LogP contribution in [0.25, 0.3) is 0 Å². The Balaban J connectivity index is 1.62. The number of hydrogen-bond donors (Lipinski definition) is 3. The molecule has 2 rings (SSSR count). The summed E-state index contributed by atoms with van der Waals surface area (Å²) in [5.41, 5.74) is 0.792. The number of ether oxygens (including phenoxy) is 1. The van der Waals surface area contributed by atoms with E-state index in [2.05, 4.69) is 10.6 Å². The van der Waals surface area contributed by atoms with E-state index in [1.807, 2.05) is 0 Å². The van der Waals surface area contributed by atoms with E-state index in [0.29, 0.717) is 21.8 Å². The Bertz CT molecular complexity index is 482. The zero-order chi connectivity index (χ0) is 16.5. The number of quaternary nitrogens is 1. The second kappa shape index (κ2) is 10.0. The summed E-state index contributed by atoms with van der Waals surface area (Å²) in [5.74, 6) is -2.40. The lowest BCUT2D eigenvalue weighted by atomic mass is 10.3. The molecule has 0 aliphatic carbocycles. The van der Waals surface area contributed by atoms with Crippen LogP contribution in [0.4, 0.5) is 14.5 Å². The average Bonchev–Trinajstić information content (AvgIpc) is 2.54. The molecule has 0 amide bonds. The van der Waals surface area contributed by atoms with Gasteiger partial charge in [0.15, 0.2) is 5.11 Å². The number of anilines is 1. The van der Waals surface area contributed by atoms with E-state index in [-0.39, 0.29) is 0 Å². The molecule has 1 aromatic rings. The SMILES string of the molecule is FC(F)Sc1ccc(NC(=S)NCCC[NH+]2CCOCC2)cc1. The van der Waals surface area contributed by atoms with Crippen molar-refractivity contribution in [3.8, 4) is 0 Å². The molecule has 23 heavy (non-hydrogen) atoms. The zero-order valence-electron chi connectivity index (χ0n) is 12.8. The molecule has 0 aromatic heterocycles. The highest BCUT2D eigenvalue weighted by Crippen LogP contribution is 2.26. The standard InChI is InChI=1S/C15H21F2N3OS2/c16-14(17)23-13-4-2-12(3-5-13)19-15(22)18-6-1-7-20-8-10-21-11-9-20/h2-5,14H,1,6-11H2,(H2,18,19,22)/p+1. The monoisotopic (exact) mass is 362 g/mol. The van der Waals surface area contributed by atoms with Crippen molar-refractivity contribution in [2.24, 2.45) is 0 Å². The van der Waals surface area contributed by atoms with Gasteiger partial charge >= 0.3 is 0 Å². The second-order valence-electron chi connectivity index (χ2n) is 5.25. The van der Waals surface area contributed by atoms with E-state index in [4.69, 9.17) is 17.0 Å². The quantitative estimate of drug-likeness (QED) is 0.390. The van der Waals surface area contributed by atoms with E-state index in [1.165, 1.54) is 0 Å². The first-order chi connectivity index (χ1) is 11.1. The van der Waals surface area contributed by atoms with Crippen LogP contribution in [0.2, 0.25) is 0 Å². The highest BCUT2D eigenvalue weighted by molar-refractivity contribution is 7.99. The van der Waals surface area contributed by atoms with Crippen LogP contribution in [0.3, 0.4) is 0 Å². The van der Waals surface area contributed by atoms with Gasteiger partial charge in [-0.3, -0.25) is 0 Å². The molecule has 1 aliphatic heterocycles. The number of morpholine rings is 1. The van der Waals surface area contributed by atoms with Crippen LogP contribution in [0.1, 0.15) is 6.42 Å². The van der Waals surface area contributed by atoms with Crippen molar-refractivity contribution in [1.29, 1.82) is 0 Å². The largest absolute Gasteiger partial charge is 0.370 e. The Morgan fingerprint density at radius 3 is 2.61 bits per heavy atom. The first kappa shape index (κ1) is 18.4. The summed E-state index contributed by atoms with van der Waals surface area (Å²) < 4.78 is 29.8. The maximum absolute atomic E-state index is 12.2. The average molecular weight is 362 g/mol. The lowest BCUT2D eigenvalue weighted by Gasteiger charge is -2.23. The van der Waals surface area contributed by atoms with Gasteiger partial charge in [0.25, 0.3) is 5.76 Å². The van der Waals surface area contributed by atoms with Gasteiger partial charge in [0.05, 0.1) is 19.8 Å². The fourth-order valence-corrected chi connectivity index (χ4v) is 3.06. The summed E-state index contributed by atoms with van der Waals surface area (Å²) in [6.45, 7) is 5.77. The predicted molar refractivity (Wildman–Crippen MR) is 93.5 cm³/mol. The Hall–Kier alpha value is -0.960. The third-order valence-corrected chi connectivity index (χ3v) is 4.50. The summed E-state index contributed by atoms with van der Waals surface area (Å²) in [7, 11) is 0. The molecule has 1 aliphatic rings. The molecule has 0 radical (unpaired) electrons. The third kappa shape index (κ3) is 7.43. The van der Waals surface area contributed by atoms with Crippen LogP contribution >= 0.6 is 24.0 Å². The number of rotatable bonds is 7. The zero-order valence-corrected chi connectivity index (χ0v) is 14.5. The summed E-state index contributed by atoms with van der Waals surface area (Å²) in [6, 6.07) is 6.81. The van der Waals surface area contributed by atoms with Gasteiger partial charge in [-0.2, -0.15) is 8.78 Å². The maximum atomic E-state index is 12.2. The molecular weight excluding hydrogens is 340 g/mol. The third-order valence-electron chi connectivity index (χ3n) is 3.53. The Morgan fingerprint density at radius 1 is 1.26 bits per heavy atom. The van der Waals surface area contributed by atoms with E-state index in [1.54, 1.807) is 29.2 Å². The van der Waals surface area contributed by atoms with Gasteiger partial charge in [-0.15, -0.1) is 0 Å². The number of halogens is 2. The number of benzene rings is 1.